The number of nitrogens with zero attached hydrogens (tertiary/aromatic N) is 2. The second kappa shape index (κ2) is 6.19. The van der Waals surface area contributed by atoms with Gasteiger partial charge in [0.2, 0.25) is 5.88 Å². The topological polar surface area (TPSA) is 101 Å². The Hall–Kier alpha value is -2.67. The number of rotatable bonds is 4. The van der Waals surface area contributed by atoms with E-state index in [9.17, 15) is 9.59 Å². The molecule has 1 aromatic carbocycles. The second-order valence-corrected chi connectivity index (χ2v) is 4.39. The molecule has 2 rings (SSSR count). The molecule has 0 unspecified atom stereocenters. The number of anilines is 1. The zero-order valence-corrected chi connectivity index (χ0v) is 11.6. The van der Waals surface area contributed by atoms with Crippen molar-refractivity contribution in [1.29, 1.82) is 0 Å². The Morgan fingerprint density at radius 1 is 1.24 bits per heavy atom. The molecule has 0 saturated carbocycles. The molecule has 0 aliphatic rings. The Labute approximate surface area is 124 Å². The molecule has 0 saturated heterocycles. The molecule has 7 nitrogen and oxygen atoms in total. The molecular weight excluding hydrogens is 298 g/mol. The number of nitrogens with one attached hydrogen (secondary N) is 1. The lowest BCUT2D eigenvalue weighted by molar-refractivity contribution is 0.0696. The van der Waals surface area contributed by atoms with Gasteiger partial charge in [-0.1, -0.05) is 11.6 Å². The van der Waals surface area contributed by atoms with Crippen LogP contribution < -0.4 is 10.1 Å². The van der Waals surface area contributed by atoms with Crippen molar-refractivity contribution in [3.63, 3.8) is 0 Å². The number of halogens is 1. The Morgan fingerprint density at radius 3 is 2.57 bits per heavy atom. The van der Waals surface area contributed by atoms with E-state index in [1.807, 2.05) is 0 Å². The quantitative estimate of drug-likeness (QED) is 0.896. The number of methoxy groups -OCH3 is 1. The number of aromatic carboxylic acids is 1. The normalized spacial score (nSPS) is 10.0. The maximum absolute atomic E-state index is 12.0. The number of aromatic nitrogens is 2. The maximum atomic E-state index is 12.0. The fraction of sp³-hybridized carbons (Fsp3) is 0.0769. The van der Waals surface area contributed by atoms with E-state index in [1.54, 1.807) is 0 Å². The van der Waals surface area contributed by atoms with Crippen LogP contribution in [0.25, 0.3) is 0 Å². The molecule has 0 bridgehead atoms. The monoisotopic (exact) mass is 307 g/mol. The predicted molar refractivity (Wildman–Crippen MR) is 74.9 cm³/mol. The summed E-state index contributed by atoms with van der Waals surface area (Å²) in [6, 6.07) is 6.94. The van der Waals surface area contributed by atoms with E-state index < -0.39 is 11.9 Å². The Balaban J connectivity index is 2.20. The molecule has 0 spiro atoms. The fourth-order valence-electron chi connectivity index (χ4n) is 1.53. The van der Waals surface area contributed by atoms with Gasteiger partial charge in [-0.3, -0.25) is 4.79 Å². The zero-order valence-electron chi connectivity index (χ0n) is 10.8. The number of carbonyl (C=O) groups is 2. The molecule has 1 amide bonds. The van der Waals surface area contributed by atoms with Crippen LogP contribution in [0, 0.1) is 0 Å². The lowest BCUT2D eigenvalue weighted by Gasteiger charge is -2.06. The van der Waals surface area contributed by atoms with Crippen molar-refractivity contribution in [1.82, 2.24) is 10.2 Å². The smallest absolute Gasteiger partial charge is 0.335 e. The van der Waals surface area contributed by atoms with E-state index in [-0.39, 0.29) is 27.8 Å². The molecule has 0 fully saturated rings. The number of hydrogen-bond acceptors (Lipinski definition) is 5. The van der Waals surface area contributed by atoms with E-state index in [1.165, 1.54) is 37.4 Å². The summed E-state index contributed by atoms with van der Waals surface area (Å²) in [6.45, 7) is 0. The third-order valence-electron chi connectivity index (χ3n) is 2.48. The summed E-state index contributed by atoms with van der Waals surface area (Å²) in [5.74, 6) is -1.40. The highest BCUT2D eigenvalue weighted by atomic mass is 35.5. The van der Waals surface area contributed by atoms with E-state index >= 15 is 0 Å². The average Bonchev–Trinajstić information content (AvgIpc) is 2.46. The third kappa shape index (κ3) is 3.67. The van der Waals surface area contributed by atoms with Gasteiger partial charge in [0.25, 0.3) is 5.91 Å². The summed E-state index contributed by atoms with van der Waals surface area (Å²) in [6.07, 6.45) is 0. The summed E-state index contributed by atoms with van der Waals surface area (Å²) in [4.78, 5) is 22.9. The molecule has 0 radical (unpaired) electrons. The predicted octanol–water partition coefficient (Wildman–Crippen LogP) is 2.09. The van der Waals surface area contributed by atoms with Crippen molar-refractivity contribution in [2.75, 3.05) is 12.4 Å². The van der Waals surface area contributed by atoms with Gasteiger partial charge in [-0.2, -0.15) is 0 Å². The number of benzene rings is 1. The van der Waals surface area contributed by atoms with E-state index in [0.717, 1.165) is 0 Å². The maximum Gasteiger partial charge on any atom is 0.335 e. The number of carbonyl (C=O) groups excluding carboxylic acids is 1. The Bertz CT molecular complexity index is 688. The molecular formula is C13H10ClN3O4. The molecule has 108 valence electrons. The van der Waals surface area contributed by atoms with Crippen molar-refractivity contribution >= 4 is 29.2 Å². The number of carboxylic acids is 1. The summed E-state index contributed by atoms with van der Waals surface area (Å²) in [5, 5.41) is 19.0. The minimum absolute atomic E-state index is 0.0291. The van der Waals surface area contributed by atoms with Crippen LogP contribution in [0.5, 0.6) is 5.88 Å². The standard InChI is InChI=1S/C13H10ClN3O4/c1-21-11-3-2-10(16-17-11)12(18)15-9-5-7(13(19)20)4-8(14)6-9/h2-6H,1H3,(H,15,18)(H,19,20). The summed E-state index contributed by atoms with van der Waals surface area (Å²) < 4.78 is 4.84. The minimum atomic E-state index is -1.14. The van der Waals surface area contributed by atoms with Crippen LogP contribution >= 0.6 is 11.6 Å². The SMILES string of the molecule is COc1ccc(C(=O)Nc2cc(Cl)cc(C(=O)O)c2)nn1. The van der Waals surface area contributed by atoms with Crippen molar-refractivity contribution < 1.29 is 19.4 Å². The fourth-order valence-corrected chi connectivity index (χ4v) is 1.77. The summed E-state index contributed by atoms with van der Waals surface area (Å²) in [5.41, 5.74) is 0.286. The Kier molecular flexibility index (Phi) is 4.34. The van der Waals surface area contributed by atoms with Gasteiger partial charge >= 0.3 is 5.97 Å². The highest BCUT2D eigenvalue weighted by Crippen LogP contribution is 2.19. The van der Waals surface area contributed by atoms with Crippen LogP contribution in [-0.4, -0.2) is 34.3 Å². The van der Waals surface area contributed by atoms with Crippen LogP contribution in [0.1, 0.15) is 20.8 Å². The molecule has 8 heteroatoms. The first-order valence-electron chi connectivity index (χ1n) is 5.72. The lowest BCUT2D eigenvalue weighted by atomic mass is 10.2. The van der Waals surface area contributed by atoms with Crippen LogP contribution in [0.15, 0.2) is 30.3 Å². The van der Waals surface area contributed by atoms with Gasteiger partial charge in [0.1, 0.15) is 0 Å². The number of ether oxygens (including phenoxy) is 1. The van der Waals surface area contributed by atoms with Gasteiger partial charge in [0, 0.05) is 16.8 Å². The van der Waals surface area contributed by atoms with Gasteiger partial charge in [0.15, 0.2) is 5.69 Å². The van der Waals surface area contributed by atoms with Gasteiger partial charge in [-0.25, -0.2) is 4.79 Å². The molecule has 0 aliphatic heterocycles. The van der Waals surface area contributed by atoms with Crippen molar-refractivity contribution in [3.8, 4) is 5.88 Å². The summed E-state index contributed by atoms with van der Waals surface area (Å²) >= 11 is 5.80. The van der Waals surface area contributed by atoms with Crippen LogP contribution in [0.2, 0.25) is 5.02 Å². The van der Waals surface area contributed by atoms with E-state index in [0.29, 0.717) is 0 Å². The van der Waals surface area contributed by atoms with Gasteiger partial charge in [0.05, 0.1) is 12.7 Å². The Morgan fingerprint density at radius 2 is 2.00 bits per heavy atom. The molecule has 21 heavy (non-hydrogen) atoms. The van der Waals surface area contributed by atoms with Gasteiger partial charge in [-0.05, 0) is 24.3 Å². The molecule has 1 heterocycles. The van der Waals surface area contributed by atoms with E-state index in [4.69, 9.17) is 21.4 Å². The third-order valence-corrected chi connectivity index (χ3v) is 2.70. The number of amides is 1. The molecule has 2 aromatic rings. The first kappa shape index (κ1) is 14.7. The molecule has 0 atom stereocenters. The second-order valence-electron chi connectivity index (χ2n) is 3.95. The van der Waals surface area contributed by atoms with Crippen LogP contribution in [0.3, 0.4) is 0 Å². The average molecular weight is 308 g/mol. The first-order chi connectivity index (χ1) is 9.99. The highest BCUT2D eigenvalue weighted by Gasteiger charge is 2.12. The number of carboxylic acid groups (broad SMARTS) is 1. The summed E-state index contributed by atoms with van der Waals surface area (Å²) in [7, 11) is 1.43. The van der Waals surface area contributed by atoms with Crippen molar-refractivity contribution in [3.05, 3.63) is 46.6 Å². The largest absolute Gasteiger partial charge is 0.480 e. The molecule has 2 N–H and O–H groups in total. The highest BCUT2D eigenvalue weighted by molar-refractivity contribution is 6.31. The van der Waals surface area contributed by atoms with E-state index in [2.05, 4.69) is 15.5 Å². The molecule has 1 aromatic heterocycles. The van der Waals surface area contributed by atoms with Crippen molar-refractivity contribution in [2.45, 2.75) is 0 Å². The zero-order chi connectivity index (χ0) is 15.4. The molecule has 0 aliphatic carbocycles. The van der Waals surface area contributed by atoms with Gasteiger partial charge in [-0.15, -0.1) is 10.2 Å². The first-order valence-corrected chi connectivity index (χ1v) is 6.10. The minimum Gasteiger partial charge on any atom is -0.480 e. The lowest BCUT2D eigenvalue weighted by Crippen LogP contribution is -2.14. The van der Waals surface area contributed by atoms with Crippen LogP contribution in [-0.2, 0) is 0 Å². The van der Waals surface area contributed by atoms with Crippen LogP contribution in [0.4, 0.5) is 5.69 Å². The number of hydrogen-bond donors (Lipinski definition) is 2. The van der Waals surface area contributed by atoms with Crippen molar-refractivity contribution in [2.24, 2.45) is 0 Å². The van der Waals surface area contributed by atoms with Gasteiger partial charge < -0.3 is 15.2 Å².